The van der Waals surface area contributed by atoms with Gasteiger partial charge < -0.3 is 19.1 Å². The smallest absolute Gasteiger partial charge is 0.410 e. The van der Waals surface area contributed by atoms with Gasteiger partial charge in [-0.05, 0) is 34.6 Å². The van der Waals surface area contributed by atoms with Crippen LogP contribution in [0.1, 0.15) is 39.8 Å². The molecule has 2 heterocycles. The summed E-state index contributed by atoms with van der Waals surface area (Å²) in [6.45, 7) is 10.0. The van der Waals surface area contributed by atoms with Gasteiger partial charge >= 0.3 is 6.09 Å². The molecule has 6 heteroatoms. The molecule has 0 N–H and O–H groups in total. The quantitative estimate of drug-likeness (QED) is 0.855. The molecule has 0 saturated carbocycles. The average Bonchev–Trinajstić information content (AvgIpc) is 2.77. The van der Waals surface area contributed by atoms with Crippen LogP contribution in [0.3, 0.4) is 0 Å². The highest BCUT2D eigenvalue weighted by molar-refractivity contribution is 5.69. The van der Waals surface area contributed by atoms with Crippen molar-refractivity contribution in [1.29, 1.82) is 0 Å². The first-order valence-corrected chi connectivity index (χ1v) is 7.87. The van der Waals surface area contributed by atoms with E-state index in [0.717, 1.165) is 12.1 Å². The first kappa shape index (κ1) is 17.4. The zero-order valence-corrected chi connectivity index (χ0v) is 14.8. The maximum atomic E-state index is 12.2. The molecule has 0 unspecified atom stereocenters. The summed E-state index contributed by atoms with van der Waals surface area (Å²) in [5, 5.41) is 0. The van der Waals surface area contributed by atoms with E-state index in [0.29, 0.717) is 18.2 Å². The zero-order chi connectivity index (χ0) is 17.2. The Kier molecular flexibility index (Phi) is 5.02. The topological polar surface area (TPSA) is 60.9 Å². The number of amides is 1. The minimum atomic E-state index is -0.495. The number of hydrogen-bond acceptors (Lipinski definition) is 5. The number of carbonyl (C=O) groups excluding carboxylic acids is 1. The monoisotopic (exact) mass is 322 g/mol. The normalized spacial score (nSPS) is 21.2. The molecule has 1 fully saturated rings. The Hall–Kier alpha value is -1.98. The van der Waals surface area contributed by atoms with Gasteiger partial charge in [0.2, 0.25) is 5.88 Å². The fourth-order valence-corrected chi connectivity index (χ4v) is 2.61. The van der Waals surface area contributed by atoms with E-state index in [-0.39, 0.29) is 18.2 Å². The minimum Gasteiger partial charge on any atom is -0.488 e. The Labute approximate surface area is 137 Å². The molecule has 0 bridgehead atoms. The van der Waals surface area contributed by atoms with E-state index >= 15 is 0 Å². The van der Waals surface area contributed by atoms with Gasteiger partial charge in [-0.25, -0.2) is 9.78 Å². The van der Waals surface area contributed by atoms with Crippen molar-refractivity contribution < 1.29 is 19.0 Å². The number of carbonyl (C=O) groups is 1. The number of rotatable bonds is 3. The Balaban J connectivity index is 2.01. The second-order valence-electron chi connectivity index (χ2n) is 6.94. The molecule has 0 aliphatic carbocycles. The Morgan fingerprint density at radius 1 is 1.35 bits per heavy atom. The first-order valence-electron chi connectivity index (χ1n) is 7.87. The molecule has 1 aliphatic rings. The van der Waals surface area contributed by atoms with E-state index in [9.17, 15) is 4.79 Å². The lowest BCUT2D eigenvalue weighted by Gasteiger charge is -2.26. The summed E-state index contributed by atoms with van der Waals surface area (Å²) in [5.41, 5.74) is 0.333. The molecule has 2 rings (SSSR count). The van der Waals surface area contributed by atoms with E-state index < -0.39 is 5.60 Å². The van der Waals surface area contributed by atoms with Crippen LogP contribution in [0.5, 0.6) is 11.6 Å². The largest absolute Gasteiger partial charge is 0.488 e. The number of ether oxygens (including phenoxy) is 3. The molecule has 1 aromatic rings. The first-order chi connectivity index (χ1) is 10.7. The summed E-state index contributed by atoms with van der Waals surface area (Å²) < 4.78 is 16.6. The fourth-order valence-electron chi connectivity index (χ4n) is 2.61. The summed E-state index contributed by atoms with van der Waals surface area (Å²) in [6, 6.07) is 3.71. The standard InChI is InChI=1S/C17H26N2O4/c1-11-7-13(9-15(18-11)21-6)22-14-8-12(2)19(10-14)16(20)23-17(3,4)5/h7,9,12,14H,8,10H2,1-6H3/t12-,14+/m0/s1. The molecule has 128 valence electrons. The van der Waals surface area contributed by atoms with Gasteiger partial charge in [-0.15, -0.1) is 0 Å². The molecule has 0 spiro atoms. The highest BCUT2D eigenvalue weighted by atomic mass is 16.6. The number of nitrogens with zero attached hydrogens (tertiary/aromatic N) is 2. The van der Waals surface area contributed by atoms with Crippen LogP contribution in [-0.4, -0.2) is 47.4 Å². The Morgan fingerprint density at radius 2 is 2.04 bits per heavy atom. The molecular formula is C17H26N2O4. The fraction of sp³-hybridized carbons (Fsp3) is 0.647. The van der Waals surface area contributed by atoms with E-state index in [2.05, 4.69) is 4.98 Å². The van der Waals surface area contributed by atoms with Gasteiger partial charge in [0.1, 0.15) is 17.5 Å². The summed E-state index contributed by atoms with van der Waals surface area (Å²) in [6.07, 6.45) is 0.409. The molecule has 6 nitrogen and oxygen atoms in total. The van der Waals surface area contributed by atoms with Crippen molar-refractivity contribution >= 4 is 6.09 Å². The second-order valence-corrected chi connectivity index (χ2v) is 6.94. The van der Waals surface area contributed by atoms with Crippen molar-refractivity contribution in [1.82, 2.24) is 9.88 Å². The number of hydrogen-bond donors (Lipinski definition) is 0. The van der Waals surface area contributed by atoms with Gasteiger partial charge in [0.25, 0.3) is 0 Å². The maximum absolute atomic E-state index is 12.2. The number of aromatic nitrogens is 1. The zero-order valence-electron chi connectivity index (χ0n) is 14.8. The lowest BCUT2D eigenvalue weighted by Crippen LogP contribution is -2.39. The van der Waals surface area contributed by atoms with Crippen LogP contribution in [0.4, 0.5) is 4.79 Å². The molecule has 1 aromatic heterocycles. The van der Waals surface area contributed by atoms with Crippen molar-refractivity contribution in [2.45, 2.75) is 58.8 Å². The van der Waals surface area contributed by atoms with E-state index in [1.807, 2.05) is 40.7 Å². The van der Waals surface area contributed by atoms with Crippen LogP contribution in [-0.2, 0) is 4.74 Å². The maximum Gasteiger partial charge on any atom is 0.410 e. The van der Waals surface area contributed by atoms with Crippen LogP contribution >= 0.6 is 0 Å². The molecule has 1 amide bonds. The molecule has 0 aromatic carbocycles. The number of pyridine rings is 1. The van der Waals surface area contributed by atoms with Gasteiger partial charge in [-0.2, -0.15) is 0 Å². The van der Waals surface area contributed by atoms with Gasteiger partial charge in [0, 0.05) is 30.3 Å². The van der Waals surface area contributed by atoms with E-state index in [4.69, 9.17) is 14.2 Å². The second kappa shape index (κ2) is 6.64. The van der Waals surface area contributed by atoms with Gasteiger partial charge in [0.15, 0.2) is 0 Å². The summed E-state index contributed by atoms with van der Waals surface area (Å²) >= 11 is 0. The molecule has 0 radical (unpaired) electrons. The molecular weight excluding hydrogens is 296 g/mol. The summed E-state index contributed by atoms with van der Waals surface area (Å²) in [5.74, 6) is 1.23. The SMILES string of the molecule is COc1cc(O[C@@H]2C[C@H](C)N(C(=O)OC(C)(C)C)C2)cc(C)n1. The summed E-state index contributed by atoms with van der Waals surface area (Å²) in [7, 11) is 1.58. The third kappa shape index (κ3) is 4.74. The van der Waals surface area contributed by atoms with Crippen LogP contribution in [0.15, 0.2) is 12.1 Å². The molecule has 23 heavy (non-hydrogen) atoms. The van der Waals surface area contributed by atoms with Gasteiger partial charge in [0.05, 0.1) is 13.7 Å². The average molecular weight is 322 g/mol. The summed E-state index contributed by atoms with van der Waals surface area (Å²) in [4.78, 5) is 18.2. The van der Waals surface area contributed by atoms with Crippen LogP contribution in [0.25, 0.3) is 0 Å². The number of aryl methyl sites for hydroxylation is 1. The van der Waals surface area contributed by atoms with Crippen molar-refractivity contribution in [2.75, 3.05) is 13.7 Å². The highest BCUT2D eigenvalue weighted by Gasteiger charge is 2.36. The van der Waals surface area contributed by atoms with Crippen LogP contribution in [0, 0.1) is 6.92 Å². The van der Waals surface area contributed by atoms with Crippen molar-refractivity contribution in [3.05, 3.63) is 17.8 Å². The van der Waals surface area contributed by atoms with Gasteiger partial charge in [-0.1, -0.05) is 0 Å². The van der Waals surface area contributed by atoms with Crippen molar-refractivity contribution in [2.24, 2.45) is 0 Å². The Morgan fingerprint density at radius 3 is 2.65 bits per heavy atom. The molecule has 1 aliphatic heterocycles. The van der Waals surface area contributed by atoms with Gasteiger partial charge in [-0.3, -0.25) is 0 Å². The third-order valence-electron chi connectivity index (χ3n) is 3.58. The lowest BCUT2D eigenvalue weighted by molar-refractivity contribution is 0.0224. The minimum absolute atomic E-state index is 0.0657. The van der Waals surface area contributed by atoms with Crippen molar-refractivity contribution in [3.8, 4) is 11.6 Å². The predicted octanol–water partition coefficient (Wildman–Crippen LogP) is 3.18. The third-order valence-corrected chi connectivity index (χ3v) is 3.58. The Bertz CT molecular complexity index is 568. The predicted molar refractivity (Wildman–Crippen MR) is 87.0 cm³/mol. The van der Waals surface area contributed by atoms with Crippen LogP contribution < -0.4 is 9.47 Å². The van der Waals surface area contributed by atoms with Crippen molar-refractivity contribution in [3.63, 3.8) is 0 Å². The van der Waals surface area contributed by atoms with E-state index in [1.165, 1.54) is 0 Å². The number of methoxy groups -OCH3 is 1. The number of likely N-dealkylation sites (tertiary alicyclic amines) is 1. The lowest BCUT2D eigenvalue weighted by atomic mass is 10.2. The molecule has 1 saturated heterocycles. The van der Waals surface area contributed by atoms with E-state index in [1.54, 1.807) is 18.1 Å². The highest BCUT2D eigenvalue weighted by Crippen LogP contribution is 2.26. The molecule has 2 atom stereocenters. The van der Waals surface area contributed by atoms with Crippen LogP contribution in [0.2, 0.25) is 0 Å².